The van der Waals surface area contributed by atoms with Crippen molar-refractivity contribution in [3.05, 3.63) is 30.1 Å². The lowest BCUT2D eigenvalue weighted by atomic mass is 9.87. The summed E-state index contributed by atoms with van der Waals surface area (Å²) < 4.78 is 18.0. The number of nitrogens with one attached hydrogen (secondary N) is 1. The Labute approximate surface area is 130 Å². The van der Waals surface area contributed by atoms with Crippen molar-refractivity contribution in [2.45, 2.75) is 51.6 Å². The molecule has 1 atom stereocenters. The third-order valence-corrected chi connectivity index (χ3v) is 3.97. The van der Waals surface area contributed by atoms with Gasteiger partial charge in [-0.1, -0.05) is 19.3 Å². The van der Waals surface area contributed by atoms with Crippen molar-refractivity contribution in [3.8, 4) is 0 Å². The molecule has 1 saturated carbocycles. The fraction of sp³-hybridized carbons (Fsp3) is 0.529. The molecule has 0 radical (unpaired) electrons. The van der Waals surface area contributed by atoms with E-state index in [0.29, 0.717) is 18.0 Å². The molecule has 120 valence electrons. The molecule has 0 aromatic heterocycles. The molecule has 0 aliphatic heterocycles. The van der Waals surface area contributed by atoms with Gasteiger partial charge in [0.25, 0.3) is 5.91 Å². The quantitative estimate of drug-likeness (QED) is 0.845. The molecular weight excluding hydrogens is 285 g/mol. The number of hydrogen-bond acceptors (Lipinski definition) is 3. The van der Waals surface area contributed by atoms with E-state index >= 15 is 0 Å². The van der Waals surface area contributed by atoms with Gasteiger partial charge in [0.2, 0.25) is 0 Å². The number of ether oxygens (including phenoxy) is 1. The van der Waals surface area contributed by atoms with Crippen molar-refractivity contribution < 1.29 is 18.7 Å². The van der Waals surface area contributed by atoms with Crippen molar-refractivity contribution >= 4 is 17.6 Å². The van der Waals surface area contributed by atoms with Crippen LogP contribution in [0.25, 0.3) is 0 Å². The molecule has 1 aliphatic rings. The van der Waals surface area contributed by atoms with Crippen LogP contribution in [0.4, 0.5) is 10.1 Å². The van der Waals surface area contributed by atoms with Crippen molar-refractivity contribution in [1.29, 1.82) is 0 Å². The minimum atomic E-state index is -0.860. The van der Waals surface area contributed by atoms with Gasteiger partial charge < -0.3 is 10.1 Å². The summed E-state index contributed by atoms with van der Waals surface area (Å²) in [6.45, 7) is 1.54. The van der Waals surface area contributed by atoms with Crippen LogP contribution in [0.2, 0.25) is 0 Å². The van der Waals surface area contributed by atoms with E-state index in [1.165, 1.54) is 50.5 Å². The fourth-order valence-corrected chi connectivity index (χ4v) is 2.70. The Morgan fingerprint density at radius 1 is 1.23 bits per heavy atom. The van der Waals surface area contributed by atoms with Gasteiger partial charge in [0.05, 0.1) is 0 Å². The number of carbonyl (C=O) groups excluding carboxylic acids is 2. The Hall–Kier alpha value is -1.91. The predicted molar refractivity (Wildman–Crippen MR) is 81.8 cm³/mol. The molecule has 1 aliphatic carbocycles. The number of hydrogen-bond donors (Lipinski definition) is 1. The molecule has 0 spiro atoms. The van der Waals surface area contributed by atoms with E-state index in [-0.39, 0.29) is 11.8 Å². The molecule has 0 bridgehead atoms. The second-order valence-corrected chi connectivity index (χ2v) is 5.84. The summed E-state index contributed by atoms with van der Waals surface area (Å²) in [5.41, 5.74) is 0.474. The van der Waals surface area contributed by atoms with E-state index < -0.39 is 12.0 Å². The minimum Gasteiger partial charge on any atom is -0.453 e. The van der Waals surface area contributed by atoms with E-state index in [1.807, 2.05) is 0 Å². The van der Waals surface area contributed by atoms with Crippen molar-refractivity contribution in [2.24, 2.45) is 5.92 Å². The van der Waals surface area contributed by atoms with Crippen LogP contribution in [-0.4, -0.2) is 18.0 Å². The molecule has 1 fully saturated rings. The zero-order chi connectivity index (χ0) is 15.9. The molecule has 2 rings (SSSR count). The number of esters is 1. The topological polar surface area (TPSA) is 55.4 Å². The molecule has 5 heteroatoms. The fourth-order valence-electron chi connectivity index (χ4n) is 2.70. The molecule has 22 heavy (non-hydrogen) atoms. The highest BCUT2D eigenvalue weighted by Gasteiger charge is 2.22. The van der Waals surface area contributed by atoms with Gasteiger partial charge in [0, 0.05) is 12.1 Å². The molecule has 0 saturated heterocycles. The largest absolute Gasteiger partial charge is 0.453 e. The van der Waals surface area contributed by atoms with Gasteiger partial charge in [-0.15, -0.1) is 0 Å². The van der Waals surface area contributed by atoms with E-state index in [2.05, 4.69) is 5.32 Å². The number of halogens is 1. The lowest BCUT2D eigenvalue weighted by Crippen LogP contribution is -2.30. The van der Waals surface area contributed by atoms with Crippen LogP contribution >= 0.6 is 0 Å². The van der Waals surface area contributed by atoms with Crippen molar-refractivity contribution in [3.63, 3.8) is 0 Å². The molecule has 0 unspecified atom stereocenters. The van der Waals surface area contributed by atoms with Crippen LogP contribution in [0.3, 0.4) is 0 Å². The van der Waals surface area contributed by atoms with Gasteiger partial charge in [0.1, 0.15) is 5.82 Å². The van der Waals surface area contributed by atoms with E-state index in [1.54, 1.807) is 0 Å². The average molecular weight is 307 g/mol. The molecule has 4 nitrogen and oxygen atoms in total. The molecule has 1 N–H and O–H groups in total. The van der Waals surface area contributed by atoms with Crippen molar-refractivity contribution in [1.82, 2.24) is 0 Å². The summed E-state index contributed by atoms with van der Waals surface area (Å²) in [6.07, 6.45) is 5.21. The lowest BCUT2D eigenvalue weighted by molar-refractivity contribution is -0.154. The molecule has 1 amide bonds. The summed E-state index contributed by atoms with van der Waals surface area (Å²) in [7, 11) is 0. The van der Waals surface area contributed by atoms with Gasteiger partial charge in [0.15, 0.2) is 6.10 Å². The maximum atomic E-state index is 12.8. The van der Waals surface area contributed by atoms with E-state index in [9.17, 15) is 14.0 Å². The number of amides is 1. The Bertz CT molecular complexity index is 509. The Morgan fingerprint density at radius 3 is 2.50 bits per heavy atom. The Kier molecular flexibility index (Phi) is 5.92. The summed E-state index contributed by atoms with van der Waals surface area (Å²) in [4.78, 5) is 23.8. The van der Waals surface area contributed by atoms with Gasteiger partial charge in [-0.3, -0.25) is 9.59 Å². The standard InChI is InChI=1S/C17H22FNO3/c1-12(17(21)19-15-9-7-14(18)8-10-15)22-16(20)11-13-5-3-2-4-6-13/h7-10,12-13H,2-6,11H2,1H3,(H,19,21)/t12-/m0/s1. The average Bonchev–Trinajstić information content (AvgIpc) is 2.50. The summed E-state index contributed by atoms with van der Waals surface area (Å²) >= 11 is 0. The number of rotatable bonds is 5. The monoisotopic (exact) mass is 307 g/mol. The van der Waals surface area contributed by atoms with Crippen LogP contribution in [0.1, 0.15) is 45.4 Å². The van der Waals surface area contributed by atoms with Crippen molar-refractivity contribution in [2.75, 3.05) is 5.32 Å². The number of anilines is 1. The van der Waals surface area contributed by atoms with Gasteiger partial charge >= 0.3 is 5.97 Å². The van der Waals surface area contributed by atoms with Crippen LogP contribution in [0, 0.1) is 11.7 Å². The highest BCUT2D eigenvalue weighted by molar-refractivity contribution is 5.95. The maximum absolute atomic E-state index is 12.8. The summed E-state index contributed by atoms with van der Waals surface area (Å²) in [5.74, 6) is -0.726. The first-order chi connectivity index (χ1) is 10.5. The zero-order valence-electron chi connectivity index (χ0n) is 12.8. The molecule has 1 aromatic carbocycles. The predicted octanol–water partition coefficient (Wildman–Crippen LogP) is 3.67. The smallest absolute Gasteiger partial charge is 0.306 e. The second kappa shape index (κ2) is 7.92. The van der Waals surface area contributed by atoms with Crippen LogP contribution in [0.5, 0.6) is 0 Å². The van der Waals surface area contributed by atoms with Gasteiger partial charge in [-0.2, -0.15) is 0 Å². The van der Waals surface area contributed by atoms with Gasteiger partial charge in [-0.25, -0.2) is 4.39 Å². The molecule has 0 heterocycles. The Morgan fingerprint density at radius 2 is 1.86 bits per heavy atom. The maximum Gasteiger partial charge on any atom is 0.306 e. The first-order valence-corrected chi connectivity index (χ1v) is 7.80. The zero-order valence-corrected chi connectivity index (χ0v) is 12.8. The SMILES string of the molecule is C[C@H](OC(=O)CC1CCCCC1)C(=O)Nc1ccc(F)cc1. The third kappa shape index (κ3) is 5.13. The highest BCUT2D eigenvalue weighted by atomic mass is 19.1. The molecule has 1 aromatic rings. The molecular formula is C17H22FNO3. The highest BCUT2D eigenvalue weighted by Crippen LogP contribution is 2.26. The number of benzene rings is 1. The van der Waals surface area contributed by atoms with Crippen LogP contribution in [-0.2, 0) is 14.3 Å². The first-order valence-electron chi connectivity index (χ1n) is 7.80. The van der Waals surface area contributed by atoms with E-state index in [4.69, 9.17) is 4.74 Å². The van der Waals surface area contributed by atoms with E-state index in [0.717, 1.165) is 12.8 Å². The lowest BCUT2D eigenvalue weighted by Gasteiger charge is -2.21. The third-order valence-electron chi connectivity index (χ3n) is 3.97. The second-order valence-electron chi connectivity index (χ2n) is 5.84. The summed E-state index contributed by atoms with van der Waals surface area (Å²) in [5, 5.41) is 2.60. The first kappa shape index (κ1) is 16.5. The number of carbonyl (C=O) groups is 2. The van der Waals surface area contributed by atoms with Crippen LogP contribution in [0.15, 0.2) is 24.3 Å². The van der Waals surface area contributed by atoms with Gasteiger partial charge in [-0.05, 0) is 49.9 Å². The Balaban J connectivity index is 1.77. The summed E-state index contributed by atoms with van der Waals surface area (Å²) in [6, 6.07) is 5.44. The minimum absolute atomic E-state index is 0.325. The van der Waals surface area contributed by atoms with Crippen LogP contribution < -0.4 is 5.32 Å². The normalized spacial score (nSPS) is 16.8.